The second kappa shape index (κ2) is 8.19. The molecule has 6 nitrogen and oxygen atoms in total. The second-order valence-electron chi connectivity index (χ2n) is 6.92. The fraction of sp³-hybridized carbons (Fsp3) is 0.400. The predicted octanol–water partition coefficient (Wildman–Crippen LogP) is 3.06. The number of sulfonamides is 1. The number of hydrogen-bond donors (Lipinski definition) is 1. The highest BCUT2D eigenvalue weighted by atomic mass is 32.2. The molecule has 0 bridgehead atoms. The quantitative estimate of drug-likeness (QED) is 0.855. The number of benzene rings is 1. The summed E-state index contributed by atoms with van der Waals surface area (Å²) in [6, 6.07) is 8.26. The number of amides is 1. The molecule has 1 amide bonds. The number of carbonyl (C=O) groups excluding carboxylic acids is 1. The molecule has 144 valence electrons. The molecular formula is C20H25N3O3S. The lowest BCUT2D eigenvalue weighted by Gasteiger charge is -2.26. The first-order chi connectivity index (χ1) is 12.9. The van der Waals surface area contributed by atoms with Gasteiger partial charge in [0.2, 0.25) is 10.0 Å². The van der Waals surface area contributed by atoms with Gasteiger partial charge in [0.25, 0.3) is 5.91 Å². The summed E-state index contributed by atoms with van der Waals surface area (Å²) in [5.41, 5.74) is 2.06. The van der Waals surface area contributed by atoms with Crippen LogP contribution in [-0.2, 0) is 10.0 Å². The molecule has 0 aliphatic carbocycles. The van der Waals surface area contributed by atoms with Crippen molar-refractivity contribution in [2.75, 3.05) is 13.1 Å². The Bertz CT molecular complexity index is 907. The highest BCUT2D eigenvalue weighted by Crippen LogP contribution is 2.23. The van der Waals surface area contributed by atoms with Crippen molar-refractivity contribution in [1.82, 2.24) is 14.6 Å². The fourth-order valence-corrected chi connectivity index (χ4v) is 4.81. The van der Waals surface area contributed by atoms with Crippen LogP contribution in [-0.4, -0.2) is 36.7 Å². The fourth-order valence-electron chi connectivity index (χ4n) is 3.27. The van der Waals surface area contributed by atoms with E-state index in [0.29, 0.717) is 18.7 Å². The van der Waals surface area contributed by atoms with Crippen LogP contribution in [0.3, 0.4) is 0 Å². The van der Waals surface area contributed by atoms with Gasteiger partial charge in [0.15, 0.2) is 0 Å². The third-order valence-corrected chi connectivity index (χ3v) is 6.85. The Morgan fingerprint density at radius 3 is 2.44 bits per heavy atom. The molecule has 2 aromatic rings. The van der Waals surface area contributed by atoms with Crippen LogP contribution in [0.2, 0.25) is 0 Å². The SMILES string of the molecule is Cc1ccc(S(=O)(=O)N2CCCCC2)cc1C(=O)NC(C)c1ccncc1. The van der Waals surface area contributed by atoms with Crippen molar-refractivity contribution >= 4 is 15.9 Å². The van der Waals surface area contributed by atoms with Crippen LogP contribution in [0.5, 0.6) is 0 Å². The largest absolute Gasteiger partial charge is 0.346 e. The summed E-state index contributed by atoms with van der Waals surface area (Å²) in [5, 5.41) is 2.94. The Labute approximate surface area is 160 Å². The summed E-state index contributed by atoms with van der Waals surface area (Å²) in [6.07, 6.45) is 6.16. The predicted molar refractivity (Wildman–Crippen MR) is 104 cm³/mol. The zero-order valence-corrected chi connectivity index (χ0v) is 16.5. The molecule has 3 rings (SSSR count). The van der Waals surface area contributed by atoms with Gasteiger partial charge < -0.3 is 5.32 Å². The monoisotopic (exact) mass is 387 g/mol. The molecule has 7 heteroatoms. The molecule has 27 heavy (non-hydrogen) atoms. The van der Waals surface area contributed by atoms with Crippen molar-refractivity contribution in [2.45, 2.75) is 44.0 Å². The van der Waals surface area contributed by atoms with Crippen molar-refractivity contribution in [2.24, 2.45) is 0 Å². The van der Waals surface area contributed by atoms with E-state index in [1.807, 2.05) is 26.0 Å². The Morgan fingerprint density at radius 2 is 1.78 bits per heavy atom. The van der Waals surface area contributed by atoms with Crippen molar-refractivity contribution in [3.8, 4) is 0 Å². The number of nitrogens with one attached hydrogen (secondary N) is 1. The van der Waals surface area contributed by atoms with E-state index < -0.39 is 10.0 Å². The van der Waals surface area contributed by atoms with Gasteiger partial charge in [-0.3, -0.25) is 9.78 Å². The normalized spacial score (nSPS) is 16.7. The van der Waals surface area contributed by atoms with E-state index in [1.165, 1.54) is 10.4 Å². The number of pyridine rings is 1. The van der Waals surface area contributed by atoms with Gasteiger partial charge >= 0.3 is 0 Å². The van der Waals surface area contributed by atoms with Crippen LogP contribution < -0.4 is 5.32 Å². The van der Waals surface area contributed by atoms with Crippen LogP contribution in [0.25, 0.3) is 0 Å². The molecule has 1 aromatic heterocycles. The van der Waals surface area contributed by atoms with Gasteiger partial charge in [-0.15, -0.1) is 0 Å². The van der Waals surface area contributed by atoms with Crippen molar-refractivity contribution < 1.29 is 13.2 Å². The van der Waals surface area contributed by atoms with Gasteiger partial charge in [-0.1, -0.05) is 12.5 Å². The molecule has 1 N–H and O–H groups in total. The average molecular weight is 388 g/mol. The van der Waals surface area contributed by atoms with Gasteiger partial charge in [0, 0.05) is 31.0 Å². The van der Waals surface area contributed by atoms with E-state index in [1.54, 1.807) is 24.5 Å². The number of rotatable bonds is 5. The molecule has 0 spiro atoms. The van der Waals surface area contributed by atoms with Gasteiger partial charge in [0.05, 0.1) is 10.9 Å². The topological polar surface area (TPSA) is 79.4 Å². The van der Waals surface area contributed by atoms with E-state index in [-0.39, 0.29) is 16.8 Å². The van der Waals surface area contributed by atoms with E-state index in [2.05, 4.69) is 10.3 Å². The highest BCUT2D eigenvalue weighted by molar-refractivity contribution is 7.89. The molecule has 0 saturated carbocycles. The van der Waals surface area contributed by atoms with Gasteiger partial charge in [0.1, 0.15) is 0 Å². The Hall–Kier alpha value is -2.25. The van der Waals surface area contributed by atoms with Gasteiger partial charge in [-0.25, -0.2) is 8.42 Å². The highest BCUT2D eigenvalue weighted by Gasteiger charge is 2.27. The lowest BCUT2D eigenvalue weighted by Crippen LogP contribution is -2.35. The smallest absolute Gasteiger partial charge is 0.252 e. The number of aryl methyl sites for hydroxylation is 1. The summed E-state index contributed by atoms with van der Waals surface area (Å²) < 4.78 is 27.3. The maximum Gasteiger partial charge on any atom is 0.252 e. The van der Waals surface area contributed by atoms with E-state index >= 15 is 0 Å². The molecule has 1 aromatic carbocycles. The zero-order chi connectivity index (χ0) is 19.4. The molecule has 1 fully saturated rings. The molecule has 1 aliphatic rings. The summed E-state index contributed by atoms with van der Waals surface area (Å²) in [5.74, 6) is -0.285. The maximum atomic E-state index is 12.9. The number of hydrogen-bond acceptors (Lipinski definition) is 4. The number of carbonyl (C=O) groups is 1. The first kappa shape index (κ1) is 19.5. The molecule has 2 heterocycles. The maximum absolute atomic E-state index is 12.9. The zero-order valence-electron chi connectivity index (χ0n) is 15.7. The lowest BCUT2D eigenvalue weighted by atomic mass is 10.1. The molecular weight excluding hydrogens is 362 g/mol. The molecule has 1 atom stereocenters. The molecule has 1 unspecified atom stereocenters. The van der Waals surface area contributed by atoms with Gasteiger partial charge in [-0.05, 0) is 62.1 Å². The number of piperidine rings is 1. The molecule has 0 radical (unpaired) electrons. The summed E-state index contributed by atoms with van der Waals surface area (Å²) >= 11 is 0. The minimum atomic E-state index is -3.57. The number of nitrogens with zero attached hydrogens (tertiary/aromatic N) is 2. The third kappa shape index (κ3) is 4.36. The summed E-state index contributed by atoms with van der Waals surface area (Å²) in [7, 11) is -3.57. The summed E-state index contributed by atoms with van der Waals surface area (Å²) in [6.45, 7) is 4.77. The van der Waals surface area contributed by atoms with Crippen LogP contribution in [0, 0.1) is 6.92 Å². The molecule has 1 aliphatic heterocycles. The Morgan fingerprint density at radius 1 is 1.11 bits per heavy atom. The van der Waals surface area contributed by atoms with E-state index in [9.17, 15) is 13.2 Å². The minimum absolute atomic E-state index is 0.178. The lowest BCUT2D eigenvalue weighted by molar-refractivity contribution is 0.0939. The summed E-state index contributed by atoms with van der Waals surface area (Å²) in [4.78, 5) is 16.9. The Balaban J connectivity index is 1.83. The first-order valence-corrected chi connectivity index (χ1v) is 10.6. The average Bonchev–Trinajstić information content (AvgIpc) is 2.69. The second-order valence-corrected chi connectivity index (χ2v) is 8.86. The number of aromatic nitrogens is 1. The van der Waals surface area contributed by atoms with Crippen LogP contribution in [0.1, 0.15) is 53.7 Å². The van der Waals surface area contributed by atoms with Crippen molar-refractivity contribution in [3.63, 3.8) is 0 Å². The van der Waals surface area contributed by atoms with Crippen molar-refractivity contribution in [1.29, 1.82) is 0 Å². The van der Waals surface area contributed by atoms with Crippen LogP contribution in [0.15, 0.2) is 47.6 Å². The Kier molecular flexibility index (Phi) is 5.92. The standard InChI is InChI=1S/C20H25N3O3S/c1-15-6-7-18(27(25,26)23-12-4-3-5-13-23)14-19(15)20(24)22-16(2)17-8-10-21-11-9-17/h6-11,14,16H,3-5,12-13H2,1-2H3,(H,22,24). The van der Waals surface area contributed by atoms with E-state index in [4.69, 9.17) is 0 Å². The van der Waals surface area contributed by atoms with Crippen LogP contribution >= 0.6 is 0 Å². The van der Waals surface area contributed by atoms with E-state index in [0.717, 1.165) is 30.4 Å². The minimum Gasteiger partial charge on any atom is -0.346 e. The first-order valence-electron chi connectivity index (χ1n) is 9.21. The van der Waals surface area contributed by atoms with Gasteiger partial charge in [-0.2, -0.15) is 4.31 Å². The van der Waals surface area contributed by atoms with Crippen molar-refractivity contribution in [3.05, 3.63) is 59.4 Å². The molecule has 1 saturated heterocycles. The van der Waals surface area contributed by atoms with Crippen LogP contribution in [0.4, 0.5) is 0 Å². The third-order valence-electron chi connectivity index (χ3n) is 4.96.